The van der Waals surface area contributed by atoms with E-state index < -0.39 is 0 Å². The van der Waals surface area contributed by atoms with Crippen molar-refractivity contribution >= 4 is 81.2 Å². The second-order valence-corrected chi connectivity index (χ2v) is 12.2. The number of nitrogens with zero attached hydrogens (tertiary/aromatic N) is 2. The Kier molecular flexibility index (Phi) is 5.10. The summed E-state index contributed by atoms with van der Waals surface area (Å²) < 4.78 is 0. The Morgan fingerprint density at radius 3 is 1.72 bits per heavy atom. The zero-order chi connectivity index (χ0) is 30.4. The first-order chi connectivity index (χ1) is 22.8. The van der Waals surface area contributed by atoms with Crippen molar-refractivity contribution in [2.24, 2.45) is 0 Å². The molecule has 1 heterocycles. The van der Waals surface area contributed by atoms with E-state index in [0.29, 0.717) is 5.69 Å². The number of benzene rings is 9. The van der Waals surface area contributed by atoms with E-state index >= 15 is 0 Å². The van der Waals surface area contributed by atoms with E-state index in [1.807, 2.05) is 24.3 Å². The van der Waals surface area contributed by atoms with E-state index in [0.717, 1.165) is 33.1 Å². The Bertz CT molecular complexity index is 2890. The Balaban J connectivity index is 1.33. The van der Waals surface area contributed by atoms with Gasteiger partial charge in [0.2, 0.25) is 0 Å². The smallest absolute Gasteiger partial charge is 0.187 e. The molecule has 0 aliphatic carbocycles. The van der Waals surface area contributed by atoms with Crippen molar-refractivity contribution in [2.75, 3.05) is 0 Å². The molecule has 46 heavy (non-hydrogen) atoms. The first kappa shape index (κ1) is 25.1. The Morgan fingerprint density at radius 2 is 1.00 bits per heavy atom. The van der Waals surface area contributed by atoms with Gasteiger partial charge in [0.1, 0.15) is 0 Å². The van der Waals surface area contributed by atoms with Crippen molar-refractivity contribution in [2.45, 2.75) is 0 Å². The summed E-state index contributed by atoms with van der Waals surface area (Å²) in [5, 5.41) is 16.1. The molecule has 0 aliphatic heterocycles. The van der Waals surface area contributed by atoms with Crippen molar-refractivity contribution in [3.63, 3.8) is 0 Å². The number of pyridine rings is 1. The Hall–Kier alpha value is -6.30. The van der Waals surface area contributed by atoms with Gasteiger partial charge in [-0.2, -0.15) is 0 Å². The molecule has 2 nitrogen and oxygen atoms in total. The predicted octanol–water partition coefficient (Wildman–Crippen LogP) is 12.5. The van der Waals surface area contributed by atoms with Crippen molar-refractivity contribution in [1.82, 2.24) is 4.98 Å². The Labute approximate surface area is 264 Å². The third kappa shape index (κ3) is 3.43. The summed E-state index contributed by atoms with van der Waals surface area (Å²) in [7, 11) is 0. The minimum Gasteiger partial charge on any atom is -0.247 e. The van der Waals surface area contributed by atoms with E-state index in [-0.39, 0.29) is 0 Å². The Morgan fingerprint density at radius 1 is 0.413 bits per heavy atom. The molecule has 0 spiro atoms. The average Bonchev–Trinajstić information content (AvgIpc) is 3.13. The normalized spacial score (nSPS) is 11.9. The first-order valence-electron chi connectivity index (χ1n) is 15.6. The molecule has 0 bridgehead atoms. The van der Waals surface area contributed by atoms with Crippen LogP contribution in [0, 0.1) is 6.57 Å². The summed E-state index contributed by atoms with van der Waals surface area (Å²) in [4.78, 5) is 9.09. The summed E-state index contributed by atoms with van der Waals surface area (Å²) >= 11 is 0. The molecule has 0 fully saturated rings. The molecule has 0 aliphatic rings. The van der Waals surface area contributed by atoms with Crippen LogP contribution in [0.15, 0.2) is 146 Å². The fourth-order valence-electron chi connectivity index (χ4n) is 7.74. The molecule has 0 radical (unpaired) electrons. The average molecular weight is 581 g/mol. The summed E-state index contributed by atoms with van der Waals surface area (Å²) in [6, 6.07) is 52.1. The van der Waals surface area contributed by atoms with Crippen LogP contribution in [-0.2, 0) is 0 Å². The summed E-state index contributed by atoms with van der Waals surface area (Å²) in [5.41, 5.74) is 5.89. The molecule has 0 saturated carbocycles. The van der Waals surface area contributed by atoms with Crippen molar-refractivity contribution in [1.29, 1.82) is 0 Å². The highest BCUT2D eigenvalue weighted by Crippen LogP contribution is 2.45. The zero-order valence-corrected chi connectivity index (χ0v) is 24.8. The molecule has 210 valence electrons. The van der Waals surface area contributed by atoms with E-state index in [2.05, 4.69) is 126 Å². The van der Waals surface area contributed by atoms with Crippen LogP contribution < -0.4 is 0 Å². The van der Waals surface area contributed by atoms with Gasteiger partial charge < -0.3 is 0 Å². The van der Waals surface area contributed by atoms with Gasteiger partial charge >= 0.3 is 0 Å². The molecule has 10 aromatic rings. The van der Waals surface area contributed by atoms with Crippen LogP contribution in [-0.4, -0.2) is 4.98 Å². The van der Waals surface area contributed by atoms with Gasteiger partial charge in [0, 0.05) is 16.2 Å². The molecule has 0 atom stereocenters. The third-order valence-corrected chi connectivity index (χ3v) is 9.78. The standard InChI is InChI=1S/C44H24N2/c1-45-31-20-15-29(16-21-31)44-43-36-12-5-3-10-34(36)33-9-2-4-11-35(33)42(43)38-24-19-30(25-39(38)46-44)32-22-17-28-14-13-26-7-6-8-27-18-23-37(32)41(28)40(26)27/h2-25H. The van der Waals surface area contributed by atoms with Crippen molar-refractivity contribution < 1.29 is 0 Å². The lowest BCUT2D eigenvalue weighted by Gasteiger charge is -2.17. The molecule has 10 rings (SSSR count). The largest absolute Gasteiger partial charge is 0.247 e. The van der Waals surface area contributed by atoms with E-state index in [1.165, 1.54) is 64.8 Å². The van der Waals surface area contributed by atoms with Crippen LogP contribution in [0.1, 0.15) is 0 Å². The second kappa shape index (κ2) is 9.35. The van der Waals surface area contributed by atoms with Crippen LogP contribution >= 0.6 is 0 Å². The molecule has 1 aromatic heterocycles. The SMILES string of the molecule is [C-]#[N+]c1ccc(-c2nc3cc(-c4ccc5ccc6cccc7ccc4c5c67)ccc3c3c4ccccc4c4ccccc4c23)cc1. The van der Waals surface area contributed by atoms with Crippen LogP contribution in [0.3, 0.4) is 0 Å². The molecule has 0 unspecified atom stereocenters. The third-order valence-electron chi connectivity index (χ3n) is 9.78. The number of fused-ring (bicyclic) bond motifs is 8. The van der Waals surface area contributed by atoms with Crippen molar-refractivity contribution in [3.8, 4) is 22.4 Å². The van der Waals surface area contributed by atoms with Crippen LogP contribution in [0.2, 0.25) is 0 Å². The molecular formula is C44H24N2. The van der Waals surface area contributed by atoms with Gasteiger partial charge in [0.25, 0.3) is 0 Å². The van der Waals surface area contributed by atoms with Crippen LogP contribution in [0.25, 0.3) is 103 Å². The summed E-state index contributed by atoms with van der Waals surface area (Å²) in [5.74, 6) is 0. The van der Waals surface area contributed by atoms with Gasteiger partial charge in [0.05, 0.1) is 17.8 Å². The van der Waals surface area contributed by atoms with Gasteiger partial charge in [-0.05, 0) is 76.6 Å². The molecule has 0 amide bonds. The lowest BCUT2D eigenvalue weighted by atomic mass is 9.88. The minimum atomic E-state index is 0.625. The van der Waals surface area contributed by atoms with Gasteiger partial charge in [-0.1, -0.05) is 140 Å². The van der Waals surface area contributed by atoms with Crippen molar-refractivity contribution in [3.05, 3.63) is 157 Å². The lowest BCUT2D eigenvalue weighted by Crippen LogP contribution is -1.94. The van der Waals surface area contributed by atoms with Crippen LogP contribution in [0.5, 0.6) is 0 Å². The molecular weight excluding hydrogens is 556 g/mol. The molecule has 2 heteroatoms. The fourth-order valence-corrected chi connectivity index (χ4v) is 7.74. The summed E-state index contributed by atoms with van der Waals surface area (Å²) in [6.45, 7) is 7.50. The highest BCUT2D eigenvalue weighted by Gasteiger charge is 2.19. The zero-order valence-electron chi connectivity index (χ0n) is 24.8. The minimum absolute atomic E-state index is 0.625. The lowest BCUT2D eigenvalue weighted by molar-refractivity contribution is 1.43. The number of hydrogen-bond acceptors (Lipinski definition) is 1. The maximum atomic E-state index is 7.50. The highest BCUT2D eigenvalue weighted by molar-refractivity contribution is 6.34. The van der Waals surface area contributed by atoms with E-state index in [9.17, 15) is 0 Å². The highest BCUT2D eigenvalue weighted by atomic mass is 14.7. The predicted molar refractivity (Wildman–Crippen MR) is 195 cm³/mol. The second-order valence-electron chi connectivity index (χ2n) is 12.2. The van der Waals surface area contributed by atoms with E-state index in [1.54, 1.807) is 0 Å². The summed E-state index contributed by atoms with van der Waals surface area (Å²) in [6.07, 6.45) is 0. The maximum Gasteiger partial charge on any atom is 0.187 e. The van der Waals surface area contributed by atoms with E-state index in [4.69, 9.17) is 11.6 Å². The molecule has 9 aromatic carbocycles. The molecule has 0 N–H and O–H groups in total. The first-order valence-corrected chi connectivity index (χ1v) is 15.6. The quantitative estimate of drug-likeness (QED) is 0.147. The number of rotatable bonds is 2. The van der Waals surface area contributed by atoms with Crippen LogP contribution in [0.4, 0.5) is 5.69 Å². The molecule has 0 saturated heterocycles. The fraction of sp³-hybridized carbons (Fsp3) is 0. The number of aromatic nitrogens is 1. The van der Waals surface area contributed by atoms with Gasteiger partial charge in [-0.3, -0.25) is 0 Å². The topological polar surface area (TPSA) is 17.2 Å². The maximum absolute atomic E-state index is 7.50. The van der Waals surface area contributed by atoms with Gasteiger partial charge in [-0.15, -0.1) is 0 Å². The monoisotopic (exact) mass is 580 g/mol. The van der Waals surface area contributed by atoms with Gasteiger partial charge in [-0.25, -0.2) is 9.83 Å². The number of hydrogen-bond donors (Lipinski definition) is 0. The van der Waals surface area contributed by atoms with Gasteiger partial charge in [0.15, 0.2) is 5.69 Å².